The largest absolute Gasteiger partial charge is 0.810 e. The molecular weight excluding hydrogens is 194 g/mol. The summed E-state index contributed by atoms with van der Waals surface area (Å²) in [6.07, 6.45) is 2.42. The highest BCUT2D eigenvalue weighted by Gasteiger charge is 1.92. The third kappa shape index (κ3) is 1.33. The van der Waals surface area contributed by atoms with Gasteiger partial charge in [-0.1, -0.05) is 0 Å². The number of aromatic nitrogens is 1. The molecule has 1 rings (SSSR count). The zero-order valence-corrected chi connectivity index (χ0v) is 6.67. The molecule has 0 aromatic carbocycles. The van der Waals surface area contributed by atoms with Crippen LogP contribution in [0.15, 0.2) is 16.9 Å². The molecule has 0 amide bonds. The number of hydrogen-bond acceptors (Lipinski definition) is 2. The molecule has 3 nitrogen and oxygen atoms in total. The minimum absolute atomic E-state index is 0.464. The van der Waals surface area contributed by atoms with Gasteiger partial charge < -0.3 is 11.1 Å². The quantitative estimate of drug-likeness (QED) is 0.549. The first-order valence-corrected chi connectivity index (χ1v) is 3.42. The van der Waals surface area contributed by atoms with E-state index in [0.29, 0.717) is 15.9 Å². The summed E-state index contributed by atoms with van der Waals surface area (Å²) < 4.78 is 0.655. The highest BCUT2D eigenvalue weighted by Crippen LogP contribution is 2.12. The van der Waals surface area contributed by atoms with Crippen molar-refractivity contribution in [2.24, 2.45) is 0 Å². The van der Waals surface area contributed by atoms with E-state index in [1.165, 1.54) is 6.20 Å². The molecule has 1 aromatic heterocycles. The van der Waals surface area contributed by atoms with Crippen LogP contribution in [0.1, 0.15) is 5.56 Å². The molecule has 0 saturated carbocycles. The maximum absolute atomic E-state index is 8.59. The molecule has 0 saturated heterocycles. The van der Waals surface area contributed by atoms with Gasteiger partial charge in [-0.2, -0.15) is 6.21 Å². The van der Waals surface area contributed by atoms with Crippen LogP contribution in [0.3, 0.4) is 0 Å². The maximum atomic E-state index is 8.59. The Kier molecular flexibility index (Phi) is 2.01. The highest BCUT2D eigenvalue weighted by atomic mass is 79.9. The van der Waals surface area contributed by atoms with Crippen molar-refractivity contribution in [2.75, 3.05) is 5.73 Å². The molecule has 1 heterocycles. The summed E-state index contributed by atoms with van der Waals surface area (Å²) in [7, 11) is 0. The lowest BCUT2D eigenvalue weighted by atomic mass is 10.2. The van der Waals surface area contributed by atoms with Gasteiger partial charge in [0.05, 0.1) is 11.9 Å². The van der Waals surface area contributed by atoms with Crippen molar-refractivity contribution in [3.8, 4) is 0 Å². The summed E-state index contributed by atoms with van der Waals surface area (Å²) in [4.78, 5) is 3.85. The van der Waals surface area contributed by atoms with E-state index in [4.69, 9.17) is 11.1 Å². The van der Waals surface area contributed by atoms with Crippen molar-refractivity contribution in [2.45, 2.75) is 0 Å². The van der Waals surface area contributed by atoms with Gasteiger partial charge in [-0.25, -0.2) is 4.98 Å². The Morgan fingerprint density at radius 2 is 2.40 bits per heavy atom. The Labute approximate surface area is 66.9 Å². The van der Waals surface area contributed by atoms with Crippen LogP contribution in [-0.4, -0.2) is 11.2 Å². The second-order valence-corrected chi connectivity index (χ2v) is 2.58. The lowest BCUT2D eigenvalue weighted by Gasteiger charge is -2.01. The molecule has 0 unspecified atom stereocenters. The lowest BCUT2D eigenvalue weighted by Crippen LogP contribution is -1.93. The number of nitrogens with zero attached hydrogens (tertiary/aromatic N) is 2. The van der Waals surface area contributed by atoms with Gasteiger partial charge in [-0.05, 0) is 27.6 Å². The number of nitrogens with two attached hydrogens (primary N) is 1. The topological polar surface area (TPSA) is 61.2 Å². The fourth-order valence-electron chi connectivity index (χ4n) is 0.566. The minimum atomic E-state index is 0.464. The van der Waals surface area contributed by atoms with Gasteiger partial charge in [0.1, 0.15) is 4.60 Å². The zero-order chi connectivity index (χ0) is 7.56. The first-order chi connectivity index (χ1) is 4.74. The first-order valence-electron chi connectivity index (χ1n) is 2.62. The van der Waals surface area contributed by atoms with Crippen molar-refractivity contribution in [1.29, 1.82) is 0 Å². The maximum Gasteiger partial charge on any atom is 0.106 e. The van der Waals surface area contributed by atoms with Gasteiger partial charge >= 0.3 is 0 Å². The van der Waals surface area contributed by atoms with Gasteiger partial charge in [0.15, 0.2) is 0 Å². The zero-order valence-electron chi connectivity index (χ0n) is 5.08. The predicted molar refractivity (Wildman–Crippen MR) is 44.9 cm³/mol. The SMILES string of the molecule is [N-]=Cc1cc(Br)ncc1N. The van der Waals surface area contributed by atoms with E-state index >= 15 is 0 Å². The average Bonchev–Trinajstić information content (AvgIpc) is 1.94. The van der Waals surface area contributed by atoms with Crippen LogP contribution < -0.4 is 5.73 Å². The van der Waals surface area contributed by atoms with Gasteiger partial charge in [0, 0.05) is 0 Å². The molecule has 2 N–H and O–H groups in total. The van der Waals surface area contributed by atoms with Crippen LogP contribution in [0, 0.1) is 0 Å². The number of halogens is 1. The van der Waals surface area contributed by atoms with Gasteiger partial charge in [-0.3, -0.25) is 0 Å². The molecule has 0 radical (unpaired) electrons. The minimum Gasteiger partial charge on any atom is -0.810 e. The van der Waals surface area contributed by atoms with Crippen LogP contribution in [0.25, 0.3) is 5.41 Å². The summed E-state index contributed by atoms with van der Waals surface area (Å²) >= 11 is 3.14. The second kappa shape index (κ2) is 2.79. The van der Waals surface area contributed by atoms with E-state index in [1.807, 2.05) is 0 Å². The second-order valence-electron chi connectivity index (χ2n) is 1.77. The van der Waals surface area contributed by atoms with Crippen LogP contribution in [0.4, 0.5) is 5.69 Å². The van der Waals surface area contributed by atoms with Crippen molar-refractivity contribution in [1.82, 2.24) is 4.98 Å². The molecule has 0 bridgehead atoms. The molecule has 1 aromatic rings. The number of nitrogen functional groups attached to an aromatic ring is 1. The Morgan fingerprint density at radius 1 is 1.70 bits per heavy atom. The third-order valence-electron chi connectivity index (χ3n) is 1.07. The molecule has 4 heteroatoms. The standard InChI is InChI=1S/C6H5BrN3/c7-6-1-4(2-8)5(9)3-10-6/h1-3H,9H2/q-1. The van der Waals surface area contributed by atoms with Crippen molar-refractivity contribution in [3.05, 3.63) is 27.8 Å². The third-order valence-corrected chi connectivity index (χ3v) is 1.51. The highest BCUT2D eigenvalue weighted by molar-refractivity contribution is 9.10. The van der Waals surface area contributed by atoms with Crippen molar-refractivity contribution < 1.29 is 0 Å². The van der Waals surface area contributed by atoms with E-state index in [-0.39, 0.29) is 0 Å². The molecule has 52 valence electrons. The molecule has 0 fully saturated rings. The van der Waals surface area contributed by atoms with Crippen LogP contribution >= 0.6 is 15.9 Å². The lowest BCUT2D eigenvalue weighted by molar-refractivity contribution is 1.28. The van der Waals surface area contributed by atoms with Crippen LogP contribution in [0.2, 0.25) is 0 Å². The summed E-state index contributed by atoms with van der Waals surface area (Å²) in [5.41, 5.74) is 6.46. The van der Waals surface area contributed by atoms with Gasteiger partial charge in [0.2, 0.25) is 0 Å². The molecule has 10 heavy (non-hydrogen) atoms. The van der Waals surface area contributed by atoms with E-state index in [2.05, 4.69) is 20.9 Å². The summed E-state index contributed by atoms with van der Waals surface area (Å²) in [5, 5.41) is 8.59. The monoisotopic (exact) mass is 198 g/mol. The Morgan fingerprint density at radius 3 is 2.90 bits per heavy atom. The summed E-state index contributed by atoms with van der Waals surface area (Å²) in [5.74, 6) is 0. The fourth-order valence-corrected chi connectivity index (χ4v) is 0.915. The van der Waals surface area contributed by atoms with Gasteiger partial charge in [0.25, 0.3) is 0 Å². The number of pyridine rings is 1. The van der Waals surface area contributed by atoms with E-state index in [0.717, 1.165) is 6.21 Å². The first kappa shape index (κ1) is 7.21. The average molecular weight is 199 g/mol. The van der Waals surface area contributed by atoms with Crippen LogP contribution in [-0.2, 0) is 0 Å². The predicted octanol–water partition coefficient (Wildman–Crippen LogP) is 1.41. The van der Waals surface area contributed by atoms with E-state index in [9.17, 15) is 0 Å². The van der Waals surface area contributed by atoms with Crippen LogP contribution in [0.5, 0.6) is 0 Å². The number of hydrogen-bond donors (Lipinski definition) is 1. The fraction of sp³-hybridized carbons (Fsp3) is 0. The van der Waals surface area contributed by atoms with Gasteiger partial charge in [-0.15, -0.1) is 0 Å². The Hall–Kier alpha value is -0.900. The Bertz CT molecular complexity index is 259. The molecular formula is C6H5BrN3-. The molecule has 0 aliphatic heterocycles. The number of rotatable bonds is 1. The van der Waals surface area contributed by atoms with E-state index in [1.54, 1.807) is 6.07 Å². The summed E-state index contributed by atoms with van der Waals surface area (Å²) in [6.45, 7) is 0. The van der Waals surface area contributed by atoms with E-state index < -0.39 is 0 Å². The molecule has 0 atom stereocenters. The molecule has 0 aliphatic carbocycles. The molecule has 0 spiro atoms. The Balaban J connectivity index is 3.21. The number of anilines is 1. The normalized spacial score (nSPS) is 9.30. The van der Waals surface area contributed by atoms with Crippen molar-refractivity contribution >= 4 is 27.8 Å². The summed E-state index contributed by atoms with van der Waals surface area (Å²) in [6, 6.07) is 1.63. The molecule has 0 aliphatic rings. The van der Waals surface area contributed by atoms with Crippen molar-refractivity contribution in [3.63, 3.8) is 0 Å². The smallest absolute Gasteiger partial charge is 0.106 e.